The zero-order valence-electron chi connectivity index (χ0n) is 10.8. The van der Waals surface area contributed by atoms with Crippen molar-refractivity contribution in [1.29, 1.82) is 0 Å². The summed E-state index contributed by atoms with van der Waals surface area (Å²) in [6, 6.07) is 0. The van der Waals surface area contributed by atoms with Crippen molar-refractivity contribution in [1.82, 2.24) is 19.4 Å². The summed E-state index contributed by atoms with van der Waals surface area (Å²) in [5, 5.41) is 3.26. The Kier molecular flexibility index (Phi) is 4.15. The summed E-state index contributed by atoms with van der Waals surface area (Å²) < 4.78 is 2.24. The highest BCUT2D eigenvalue weighted by Crippen LogP contribution is 2.15. The van der Waals surface area contributed by atoms with Gasteiger partial charge in [-0.1, -0.05) is 0 Å². The SMILES string of the molecule is ClCc1csc(CCCN2CCn3ccnc3C2)n1. The highest BCUT2D eigenvalue weighted by molar-refractivity contribution is 7.09. The third-order valence-electron chi connectivity index (χ3n) is 3.43. The minimum atomic E-state index is 0.519. The molecule has 0 aromatic carbocycles. The number of nitrogens with zero attached hydrogens (tertiary/aromatic N) is 4. The van der Waals surface area contributed by atoms with E-state index in [2.05, 4.69) is 31.0 Å². The van der Waals surface area contributed by atoms with Crippen LogP contribution in [0.5, 0.6) is 0 Å². The van der Waals surface area contributed by atoms with Crippen LogP contribution in [0, 0.1) is 0 Å². The maximum Gasteiger partial charge on any atom is 0.122 e. The molecule has 6 heteroatoms. The number of aromatic nitrogens is 3. The summed E-state index contributed by atoms with van der Waals surface area (Å²) in [6.45, 7) is 4.26. The Labute approximate surface area is 122 Å². The number of aryl methyl sites for hydroxylation is 1. The molecule has 2 aromatic heterocycles. The van der Waals surface area contributed by atoms with Crippen LogP contribution in [0.1, 0.15) is 22.9 Å². The van der Waals surface area contributed by atoms with E-state index in [4.69, 9.17) is 11.6 Å². The maximum atomic E-state index is 5.76. The van der Waals surface area contributed by atoms with Crippen molar-refractivity contribution < 1.29 is 0 Å². The Morgan fingerprint density at radius 2 is 2.32 bits per heavy atom. The second kappa shape index (κ2) is 6.03. The van der Waals surface area contributed by atoms with Gasteiger partial charge < -0.3 is 4.57 Å². The highest BCUT2D eigenvalue weighted by atomic mass is 35.5. The zero-order chi connectivity index (χ0) is 13.1. The lowest BCUT2D eigenvalue weighted by atomic mass is 10.2. The first-order valence-corrected chi connectivity index (χ1v) is 7.98. The Morgan fingerprint density at radius 1 is 1.37 bits per heavy atom. The molecular formula is C13H17ClN4S. The fourth-order valence-corrected chi connectivity index (χ4v) is 3.46. The van der Waals surface area contributed by atoms with Crippen LogP contribution < -0.4 is 0 Å². The van der Waals surface area contributed by atoms with Gasteiger partial charge in [0.2, 0.25) is 0 Å². The van der Waals surface area contributed by atoms with Gasteiger partial charge in [-0.3, -0.25) is 4.90 Å². The number of fused-ring (bicyclic) bond motifs is 1. The molecule has 102 valence electrons. The van der Waals surface area contributed by atoms with Gasteiger partial charge in [-0.05, 0) is 13.0 Å². The van der Waals surface area contributed by atoms with Gasteiger partial charge in [0.05, 0.1) is 23.1 Å². The smallest absolute Gasteiger partial charge is 0.122 e. The third-order valence-corrected chi connectivity index (χ3v) is 4.66. The normalized spacial score (nSPS) is 15.6. The van der Waals surface area contributed by atoms with Gasteiger partial charge in [0.1, 0.15) is 5.82 Å². The Hall–Kier alpha value is -0.910. The first-order valence-electron chi connectivity index (χ1n) is 6.57. The summed E-state index contributed by atoms with van der Waals surface area (Å²) in [6.07, 6.45) is 6.15. The van der Waals surface area contributed by atoms with Crippen LogP contribution in [0.4, 0.5) is 0 Å². The summed E-state index contributed by atoms with van der Waals surface area (Å²) >= 11 is 7.48. The molecule has 0 spiro atoms. The molecule has 0 saturated heterocycles. The van der Waals surface area contributed by atoms with E-state index in [1.165, 1.54) is 10.8 Å². The fourth-order valence-electron chi connectivity index (χ4n) is 2.39. The molecule has 2 aromatic rings. The van der Waals surface area contributed by atoms with Gasteiger partial charge in [0.15, 0.2) is 0 Å². The Balaban J connectivity index is 1.46. The average molecular weight is 297 g/mol. The van der Waals surface area contributed by atoms with Crippen LogP contribution in [0.15, 0.2) is 17.8 Å². The van der Waals surface area contributed by atoms with E-state index >= 15 is 0 Å². The topological polar surface area (TPSA) is 34.0 Å². The van der Waals surface area contributed by atoms with Crippen LogP contribution in [-0.4, -0.2) is 32.5 Å². The largest absolute Gasteiger partial charge is 0.333 e. The summed E-state index contributed by atoms with van der Waals surface area (Å²) in [4.78, 5) is 11.3. The molecule has 0 atom stereocenters. The number of halogens is 1. The molecule has 1 aliphatic heterocycles. The van der Waals surface area contributed by atoms with Crippen molar-refractivity contribution in [3.8, 4) is 0 Å². The summed E-state index contributed by atoms with van der Waals surface area (Å²) in [5.41, 5.74) is 1.00. The van der Waals surface area contributed by atoms with E-state index in [0.29, 0.717) is 5.88 Å². The van der Waals surface area contributed by atoms with Crippen molar-refractivity contribution in [2.45, 2.75) is 31.8 Å². The number of hydrogen-bond acceptors (Lipinski definition) is 4. The van der Waals surface area contributed by atoms with Crippen LogP contribution in [0.3, 0.4) is 0 Å². The lowest BCUT2D eigenvalue weighted by molar-refractivity contribution is 0.215. The van der Waals surface area contributed by atoms with E-state index in [0.717, 1.165) is 44.7 Å². The van der Waals surface area contributed by atoms with Crippen LogP contribution in [0.2, 0.25) is 0 Å². The maximum absolute atomic E-state index is 5.76. The molecular weight excluding hydrogens is 280 g/mol. The highest BCUT2D eigenvalue weighted by Gasteiger charge is 2.15. The van der Waals surface area contributed by atoms with Crippen molar-refractivity contribution >= 4 is 22.9 Å². The van der Waals surface area contributed by atoms with E-state index in [1.54, 1.807) is 11.3 Å². The Morgan fingerprint density at radius 3 is 3.16 bits per heavy atom. The first-order chi connectivity index (χ1) is 9.35. The molecule has 0 aliphatic carbocycles. The molecule has 0 saturated carbocycles. The van der Waals surface area contributed by atoms with E-state index in [9.17, 15) is 0 Å². The molecule has 0 amide bonds. The number of imidazole rings is 1. The molecule has 0 unspecified atom stereocenters. The number of thiazole rings is 1. The van der Waals surface area contributed by atoms with Crippen molar-refractivity contribution in [2.24, 2.45) is 0 Å². The van der Waals surface area contributed by atoms with Gasteiger partial charge in [-0.25, -0.2) is 9.97 Å². The summed E-state index contributed by atoms with van der Waals surface area (Å²) in [7, 11) is 0. The molecule has 3 heterocycles. The lowest BCUT2D eigenvalue weighted by Crippen LogP contribution is -2.34. The monoisotopic (exact) mass is 296 g/mol. The third kappa shape index (κ3) is 3.16. The van der Waals surface area contributed by atoms with Gasteiger partial charge in [0, 0.05) is 37.3 Å². The predicted octanol–water partition coefficient (Wildman–Crippen LogP) is 2.53. The van der Waals surface area contributed by atoms with Gasteiger partial charge in [-0.15, -0.1) is 22.9 Å². The molecule has 1 aliphatic rings. The molecule has 19 heavy (non-hydrogen) atoms. The molecule has 3 rings (SSSR count). The van der Waals surface area contributed by atoms with Crippen molar-refractivity contribution in [2.75, 3.05) is 13.1 Å². The molecule has 0 radical (unpaired) electrons. The zero-order valence-corrected chi connectivity index (χ0v) is 12.3. The molecule has 0 bridgehead atoms. The quantitative estimate of drug-likeness (QED) is 0.795. The van der Waals surface area contributed by atoms with Crippen molar-refractivity contribution in [3.05, 3.63) is 34.3 Å². The van der Waals surface area contributed by atoms with E-state index in [1.807, 2.05) is 6.20 Å². The van der Waals surface area contributed by atoms with Crippen molar-refractivity contribution in [3.63, 3.8) is 0 Å². The lowest BCUT2D eigenvalue weighted by Gasteiger charge is -2.27. The first kappa shape index (κ1) is 13.1. The standard InChI is InChI=1S/C13H17ClN4S/c14-8-11-10-19-13(16-11)2-1-4-17-6-7-18-5-3-15-12(18)9-17/h3,5,10H,1-2,4,6-9H2. The summed E-state index contributed by atoms with van der Waals surface area (Å²) in [5.74, 6) is 1.70. The number of alkyl halides is 1. The molecule has 4 nitrogen and oxygen atoms in total. The number of rotatable bonds is 5. The minimum Gasteiger partial charge on any atom is -0.333 e. The number of hydrogen-bond donors (Lipinski definition) is 0. The van der Waals surface area contributed by atoms with Crippen LogP contribution >= 0.6 is 22.9 Å². The Bertz CT molecular complexity index is 536. The van der Waals surface area contributed by atoms with Gasteiger partial charge in [-0.2, -0.15) is 0 Å². The second-order valence-corrected chi connectivity index (χ2v) is 5.99. The average Bonchev–Trinajstić information content (AvgIpc) is 3.06. The van der Waals surface area contributed by atoms with E-state index in [-0.39, 0.29) is 0 Å². The minimum absolute atomic E-state index is 0.519. The predicted molar refractivity (Wildman–Crippen MR) is 77.5 cm³/mol. The molecule has 0 fully saturated rings. The fraction of sp³-hybridized carbons (Fsp3) is 0.538. The van der Waals surface area contributed by atoms with Crippen LogP contribution in [-0.2, 0) is 25.4 Å². The molecule has 0 N–H and O–H groups in total. The van der Waals surface area contributed by atoms with Crippen LogP contribution in [0.25, 0.3) is 0 Å². The van der Waals surface area contributed by atoms with E-state index < -0.39 is 0 Å². The second-order valence-electron chi connectivity index (χ2n) is 4.78. The van der Waals surface area contributed by atoms with Gasteiger partial charge in [0.25, 0.3) is 0 Å². The van der Waals surface area contributed by atoms with Gasteiger partial charge >= 0.3 is 0 Å².